The lowest BCUT2D eigenvalue weighted by Crippen LogP contribution is -2.44. The van der Waals surface area contributed by atoms with Crippen molar-refractivity contribution in [2.45, 2.75) is 45.3 Å². The lowest BCUT2D eigenvalue weighted by molar-refractivity contribution is 0.0687. The molecule has 9 heteroatoms. The van der Waals surface area contributed by atoms with Crippen molar-refractivity contribution in [3.63, 3.8) is 0 Å². The van der Waals surface area contributed by atoms with Gasteiger partial charge >= 0.3 is 6.09 Å². The van der Waals surface area contributed by atoms with Crippen LogP contribution in [0.25, 0.3) is 22.0 Å². The Morgan fingerprint density at radius 3 is 2.61 bits per heavy atom. The van der Waals surface area contributed by atoms with Crippen molar-refractivity contribution in [3.05, 3.63) is 47.6 Å². The van der Waals surface area contributed by atoms with Gasteiger partial charge in [0.25, 0.3) is 0 Å². The summed E-state index contributed by atoms with van der Waals surface area (Å²) in [5.41, 5.74) is 2.18. The number of aliphatic hydroxyl groups is 1. The van der Waals surface area contributed by atoms with E-state index in [0.717, 1.165) is 40.6 Å². The molecule has 33 heavy (non-hydrogen) atoms. The predicted octanol–water partition coefficient (Wildman–Crippen LogP) is 4.76. The number of nitrogens with one attached hydrogen (secondary N) is 1. The fourth-order valence-electron chi connectivity index (χ4n) is 4.22. The molecule has 3 N–H and O–H groups in total. The summed E-state index contributed by atoms with van der Waals surface area (Å²) in [4.78, 5) is 26.0. The quantitative estimate of drug-likeness (QED) is 0.493. The molecular formula is C24H28ClN5O3. The largest absolute Gasteiger partial charge is 0.465 e. The second kappa shape index (κ2) is 9.11. The Hall–Kier alpha value is -2.97. The maximum atomic E-state index is 11.4. The summed E-state index contributed by atoms with van der Waals surface area (Å²) < 4.78 is 0. The van der Waals surface area contributed by atoms with Gasteiger partial charge in [-0.25, -0.2) is 14.8 Å². The smallest absolute Gasteiger partial charge is 0.407 e. The van der Waals surface area contributed by atoms with Crippen LogP contribution in [0.2, 0.25) is 5.02 Å². The minimum atomic E-state index is -1.11. The first-order chi connectivity index (χ1) is 15.6. The molecule has 3 heterocycles. The monoisotopic (exact) mass is 469 g/mol. The second-order valence-corrected chi connectivity index (χ2v) is 9.54. The number of piperidine rings is 1. The average molecular weight is 470 g/mol. The number of hydrogen-bond donors (Lipinski definition) is 3. The third-order valence-electron chi connectivity index (χ3n) is 6.16. The van der Waals surface area contributed by atoms with Crippen LogP contribution in [-0.4, -0.2) is 55.3 Å². The molecule has 4 rings (SSSR count). The van der Waals surface area contributed by atoms with Crippen LogP contribution < -0.4 is 5.32 Å². The Labute approximate surface area is 197 Å². The molecule has 8 nitrogen and oxygen atoms in total. The molecule has 1 amide bonds. The lowest BCUT2D eigenvalue weighted by Gasteiger charge is -2.35. The maximum Gasteiger partial charge on any atom is 0.407 e. The van der Waals surface area contributed by atoms with Crippen molar-refractivity contribution >= 4 is 34.3 Å². The number of fused-ring (bicyclic) bond motifs is 1. The number of nitrogens with zero attached hydrogens (tertiary/aromatic N) is 4. The minimum Gasteiger partial charge on any atom is -0.465 e. The summed E-state index contributed by atoms with van der Waals surface area (Å²) in [5, 5.41) is 24.4. The van der Waals surface area contributed by atoms with E-state index in [1.165, 1.54) is 4.90 Å². The summed E-state index contributed by atoms with van der Waals surface area (Å²) in [6, 6.07) is 5.89. The van der Waals surface area contributed by atoms with Gasteiger partial charge in [-0.05, 0) is 57.2 Å². The van der Waals surface area contributed by atoms with Gasteiger partial charge < -0.3 is 20.4 Å². The fraction of sp³-hybridized carbons (Fsp3) is 0.417. The molecule has 1 fully saturated rings. The van der Waals surface area contributed by atoms with Crippen LogP contribution >= 0.6 is 11.6 Å². The van der Waals surface area contributed by atoms with Crippen molar-refractivity contribution in [1.82, 2.24) is 19.9 Å². The van der Waals surface area contributed by atoms with Gasteiger partial charge in [0.2, 0.25) is 0 Å². The van der Waals surface area contributed by atoms with E-state index in [1.54, 1.807) is 32.4 Å². The summed E-state index contributed by atoms with van der Waals surface area (Å²) in [7, 11) is 0. The van der Waals surface area contributed by atoms with Crippen LogP contribution in [0.5, 0.6) is 0 Å². The summed E-state index contributed by atoms with van der Waals surface area (Å²) in [6.07, 6.45) is 5.94. The molecule has 3 aromatic rings. The number of benzene rings is 1. The number of likely N-dealkylation sites (tertiary alicyclic amines) is 1. The standard InChI is InChI=1S/C24H28ClN5O3/c1-14(16-5-4-8-30(13-16)23(31)32)29-21-18-9-15(6-7-20(18)26-12-19(21)25)17-10-27-22(28-11-17)24(2,3)33/h6-7,9-12,14,16,33H,4-5,8,13H2,1-3H3,(H,26,29)(H,31,32)/t14-,16?/m0/s1. The number of amides is 1. The third kappa shape index (κ3) is 5.02. The number of aromatic nitrogens is 3. The summed E-state index contributed by atoms with van der Waals surface area (Å²) in [6.45, 7) is 6.43. The molecule has 1 aliphatic heterocycles. The van der Waals surface area contributed by atoms with Crippen LogP contribution in [0.4, 0.5) is 10.5 Å². The van der Waals surface area contributed by atoms with Gasteiger partial charge in [0.15, 0.2) is 5.82 Å². The van der Waals surface area contributed by atoms with Gasteiger partial charge in [0.05, 0.1) is 16.2 Å². The number of carboxylic acid groups (broad SMARTS) is 1. The van der Waals surface area contributed by atoms with E-state index in [0.29, 0.717) is 23.9 Å². The third-order valence-corrected chi connectivity index (χ3v) is 6.45. The molecule has 0 radical (unpaired) electrons. The van der Waals surface area contributed by atoms with E-state index in [9.17, 15) is 15.0 Å². The number of carbonyl (C=O) groups is 1. The number of hydrogen-bond acceptors (Lipinski definition) is 6. The number of halogens is 1. The lowest BCUT2D eigenvalue weighted by atomic mass is 9.91. The molecule has 2 aromatic heterocycles. The van der Waals surface area contributed by atoms with E-state index in [4.69, 9.17) is 11.6 Å². The highest BCUT2D eigenvalue weighted by molar-refractivity contribution is 6.34. The van der Waals surface area contributed by atoms with Gasteiger partial charge in [-0.15, -0.1) is 0 Å². The Morgan fingerprint density at radius 1 is 1.21 bits per heavy atom. The number of anilines is 1. The van der Waals surface area contributed by atoms with Gasteiger partial charge in [0.1, 0.15) is 5.60 Å². The molecule has 0 spiro atoms. The van der Waals surface area contributed by atoms with E-state index in [-0.39, 0.29) is 12.0 Å². The molecule has 174 valence electrons. The molecule has 0 aliphatic carbocycles. The van der Waals surface area contributed by atoms with E-state index < -0.39 is 11.7 Å². The van der Waals surface area contributed by atoms with Gasteiger partial charge in [-0.2, -0.15) is 0 Å². The van der Waals surface area contributed by atoms with Crippen LogP contribution in [-0.2, 0) is 5.60 Å². The zero-order valence-corrected chi connectivity index (χ0v) is 19.7. The Morgan fingerprint density at radius 2 is 1.94 bits per heavy atom. The highest BCUT2D eigenvalue weighted by Crippen LogP contribution is 2.34. The van der Waals surface area contributed by atoms with E-state index in [2.05, 4.69) is 27.2 Å². The normalized spacial score (nSPS) is 17.7. The topological polar surface area (TPSA) is 111 Å². The van der Waals surface area contributed by atoms with Crippen molar-refractivity contribution in [2.24, 2.45) is 5.92 Å². The predicted molar refractivity (Wildman–Crippen MR) is 128 cm³/mol. The zero-order chi connectivity index (χ0) is 23.8. The number of rotatable bonds is 5. The summed E-state index contributed by atoms with van der Waals surface area (Å²) >= 11 is 6.55. The molecule has 1 aromatic carbocycles. The van der Waals surface area contributed by atoms with E-state index >= 15 is 0 Å². The minimum absolute atomic E-state index is 0.0216. The maximum absolute atomic E-state index is 11.4. The van der Waals surface area contributed by atoms with Crippen LogP contribution in [0.3, 0.4) is 0 Å². The van der Waals surface area contributed by atoms with Gasteiger partial charge in [0, 0.05) is 48.7 Å². The van der Waals surface area contributed by atoms with E-state index in [1.807, 2.05) is 18.2 Å². The average Bonchev–Trinajstić information content (AvgIpc) is 2.80. The van der Waals surface area contributed by atoms with Crippen LogP contribution in [0, 0.1) is 5.92 Å². The Kier molecular flexibility index (Phi) is 6.41. The molecule has 0 saturated carbocycles. The van der Waals surface area contributed by atoms with Gasteiger partial charge in [-0.3, -0.25) is 4.98 Å². The Bertz CT molecular complexity index is 1160. The molecule has 1 saturated heterocycles. The Balaban J connectivity index is 1.64. The molecular weight excluding hydrogens is 442 g/mol. The molecule has 2 atom stereocenters. The van der Waals surface area contributed by atoms with Crippen molar-refractivity contribution in [3.8, 4) is 11.1 Å². The van der Waals surface area contributed by atoms with Crippen LogP contribution in [0.1, 0.15) is 39.4 Å². The summed E-state index contributed by atoms with van der Waals surface area (Å²) in [5.74, 6) is 0.538. The van der Waals surface area contributed by atoms with Gasteiger partial charge in [-0.1, -0.05) is 17.7 Å². The first kappa shape index (κ1) is 23.2. The van der Waals surface area contributed by atoms with Crippen molar-refractivity contribution in [2.75, 3.05) is 18.4 Å². The highest BCUT2D eigenvalue weighted by Gasteiger charge is 2.28. The highest BCUT2D eigenvalue weighted by atomic mass is 35.5. The fourth-order valence-corrected chi connectivity index (χ4v) is 4.43. The van der Waals surface area contributed by atoms with Crippen molar-refractivity contribution < 1.29 is 15.0 Å². The first-order valence-electron chi connectivity index (χ1n) is 11.0. The molecule has 1 aliphatic rings. The van der Waals surface area contributed by atoms with Crippen LogP contribution in [0.15, 0.2) is 36.8 Å². The SMILES string of the molecule is C[C@H](Nc1c(Cl)cnc2ccc(-c3cnc(C(C)(C)O)nc3)cc12)C1CCCN(C(=O)O)C1. The number of pyridine rings is 1. The van der Waals surface area contributed by atoms with Crippen molar-refractivity contribution in [1.29, 1.82) is 0 Å². The second-order valence-electron chi connectivity index (χ2n) is 9.13. The molecule has 0 bridgehead atoms. The zero-order valence-electron chi connectivity index (χ0n) is 18.9. The first-order valence-corrected chi connectivity index (χ1v) is 11.4. The molecule has 1 unspecified atom stereocenters.